The fourth-order valence-electron chi connectivity index (χ4n) is 1.79. The molecule has 1 fully saturated rings. The van der Waals surface area contributed by atoms with Crippen LogP contribution in [0.2, 0.25) is 0 Å². The van der Waals surface area contributed by atoms with E-state index >= 15 is 0 Å². The van der Waals surface area contributed by atoms with E-state index in [1.54, 1.807) is 0 Å². The molecule has 0 aromatic carbocycles. The lowest BCUT2D eigenvalue weighted by molar-refractivity contribution is -0.141. The molecular formula is C11H17F2NO3. The molecule has 1 aliphatic rings. The van der Waals surface area contributed by atoms with Crippen molar-refractivity contribution in [2.24, 2.45) is 11.8 Å². The van der Waals surface area contributed by atoms with Crippen molar-refractivity contribution in [3.63, 3.8) is 0 Å². The second kappa shape index (κ2) is 5.42. The maximum Gasteiger partial charge on any atom is 0.308 e. The number of hydrogen-bond acceptors (Lipinski definition) is 2. The summed E-state index contributed by atoms with van der Waals surface area (Å²) in [7, 11) is 0. The minimum Gasteiger partial charge on any atom is -0.481 e. The van der Waals surface area contributed by atoms with E-state index in [1.165, 1.54) is 6.92 Å². The molecule has 0 saturated heterocycles. The van der Waals surface area contributed by atoms with Gasteiger partial charge in [-0.2, -0.15) is 0 Å². The third-order valence-electron chi connectivity index (χ3n) is 3.09. The van der Waals surface area contributed by atoms with Crippen molar-refractivity contribution < 1.29 is 23.5 Å². The van der Waals surface area contributed by atoms with E-state index in [9.17, 15) is 18.4 Å². The molecule has 0 bridgehead atoms. The zero-order valence-electron chi connectivity index (χ0n) is 9.71. The van der Waals surface area contributed by atoms with Gasteiger partial charge in [0, 0.05) is 25.3 Å². The van der Waals surface area contributed by atoms with Crippen LogP contribution in [0.4, 0.5) is 8.78 Å². The highest BCUT2D eigenvalue weighted by molar-refractivity contribution is 5.79. The Bertz CT molecular complexity index is 297. The number of hydrogen-bond donors (Lipinski definition) is 2. The second-order valence-corrected chi connectivity index (χ2v) is 4.61. The van der Waals surface area contributed by atoms with Gasteiger partial charge in [-0.1, -0.05) is 6.92 Å². The fraction of sp³-hybridized carbons (Fsp3) is 0.818. The maximum absolute atomic E-state index is 12.9. The van der Waals surface area contributed by atoms with E-state index in [4.69, 9.17) is 5.11 Å². The molecule has 0 heterocycles. The van der Waals surface area contributed by atoms with Crippen molar-refractivity contribution in [2.45, 2.75) is 38.5 Å². The highest BCUT2D eigenvalue weighted by atomic mass is 19.3. The highest BCUT2D eigenvalue weighted by Crippen LogP contribution is 2.36. The molecule has 6 heteroatoms. The van der Waals surface area contributed by atoms with Crippen molar-refractivity contribution in [3.8, 4) is 0 Å². The molecule has 0 spiro atoms. The molecule has 1 saturated carbocycles. The molecule has 1 atom stereocenters. The van der Waals surface area contributed by atoms with Crippen LogP contribution in [0.15, 0.2) is 0 Å². The first-order chi connectivity index (χ1) is 7.82. The molecular weight excluding hydrogens is 232 g/mol. The molecule has 1 aliphatic carbocycles. The van der Waals surface area contributed by atoms with Crippen LogP contribution in [0.5, 0.6) is 0 Å². The van der Waals surface area contributed by atoms with Crippen LogP contribution in [-0.4, -0.2) is 29.5 Å². The number of alkyl halides is 2. The number of halogens is 2. The van der Waals surface area contributed by atoms with Crippen molar-refractivity contribution in [1.82, 2.24) is 5.32 Å². The van der Waals surface area contributed by atoms with E-state index < -0.39 is 23.7 Å². The average Bonchev–Trinajstić information content (AvgIpc) is 2.25. The fourth-order valence-corrected chi connectivity index (χ4v) is 1.79. The van der Waals surface area contributed by atoms with Gasteiger partial charge in [-0.15, -0.1) is 0 Å². The average molecular weight is 249 g/mol. The van der Waals surface area contributed by atoms with Gasteiger partial charge in [-0.3, -0.25) is 9.59 Å². The molecule has 2 N–H and O–H groups in total. The van der Waals surface area contributed by atoms with Crippen LogP contribution in [0.3, 0.4) is 0 Å². The number of nitrogens with one attached hydrogen (secondary N) is 1. The largest absolute Gasteiger partial charge is 0.481 e. The summed E-state index contributed by atoms with van der Waals surface area (Å²) >= 11 is 0. The van der Waals surface area contributed by atoms with Crippen LogP contribution in [-0.2, 0) is 9.59 Å². The van der Waals surface area contributed by atoms with E-state index in [-0.39, 0.29) is 38.1 Å². The quantitative estimate of drug-likeness (QED) is 0.796. The van der Waals surface area contributed by atoms with E-state index in [2.05, 4.69) is 5.32 Å². The molecule has 0 aliphatic heterocycles. The molecule has 98 valence electrons. The summed E-state index contributed by atoms with van der Waals surface area (Å²) in [5.41, 5.74) is 0. The molecule has 1 amide bonds. The predicted molar refractivity (Wildman–Crippen MR) is 56.7 cm³/mol. The highest BCUT2D eigenvalue weighted by Gasteiger charge is 2.37. The molecule has 4 nitrogen and oxygen atoms in total. The second-order valence-electron chi connectivity index (χ2n) is 4.61. The summed E-state index contributed by atoms with van der Waals surface area (Å²) in [4.78, 5) is 22.1. The van der Waals surface area contributed by atoms with E-state index in [0.29, 0.717) is 0 Å². The van der Waals surface area contributed by atoms with E-state index in [1.807, 2.05) is 0 Å². The Morgan fingerprint density at radius 1 is 1.41 bits per heavy atom. The standard InChI is InChI=1S/C11H17F2NO3/c1-7(10(16)17)6-14-9(15)8-2-4-11(12,13)5-3-8/h7-8H,2-6H2,1H3,(H,14,15)(H,16,17). The number of carboxylic acid groups (broad SMARTS) is 1. The lowest BCUT2D eigenvalue weighted by atomic mass is 9.86. The van der Waals surface area contributed by atoms with Crippen LogP contribution in [0, 0.1) is 11.8 Å². The topological polar surface area (TPSA) is 66.4 Å². The van der Waals surface area contributed by atoms with Gasteiger partial charge in [0.1, 0.15) is 0 Å². The molecule has 0 radical (unpaired) electrons. The van der Waals surface area contributed by atoms with Crippen molar-refractivity contribution in [1.29, 1.82) is 0 Å². The Balaban J connectivity index is 2.32. The normalized spacial score (nSPS) is 21.8. The van der Waals surface area contributed by atoms with Crippen molar-refractivity contribution in [2.75, 3.05) is 6.54 Å². The van der Waals surface area contributed by atoms with Gasteiger partial charge in [0.05, 0.1) is 5.92 Å². The summed E-state index contributed by atoms with van der Waals surface area (Å²) < 4.78 is 25.7. The number of carbonyl (C=O) groups excluding carboxylic acids is 1. The SMILES string of the molecule is CC(CNC(=O)C1CCC(F)(F)CC1)C(=O)O. The Kier molecular flexibility index (Phi) is 4.42. The maximum atomic E-state index is 12.9. The minimum absolute atomic E-state index is 0.0427. The third-order valence-corrected chi connectivity index (χ3v) is 3.09. The first-order valence-corrected chi connectivity index (χ1v) is 5.70. The van der Waals surface area contributed by atoms with Crippen LogP contribution >= 0.6 is 0 Å². The Hall–Kier alpha value is -1.20. The summed E-state index contributed by atoms with van der Waals surface area (Å²) in [6, 6.07) is 0. The molecule has 1 unspecified atom stereocenters. The lowest BCUT2D eigenvalue weighted by Crippen LogP contribution is -2.38. The Morgan fingerprint density at radius 2 is 1.94 bits per heavy atom. The summed E-state index contributed by atoms with van der Waals surface area (Å²) in [5, 5.41) is 11.1. The van der Waals surface area contributed by atoms with Crippen molar-refractivity contribution >= 4 is 11.9 Å². The predicted octanol–water partition coefficient (Wildman–Crippen LogP) is 1.65. The van der Waals surface area contributed by atoms with Crippen LogP contribution in [0.25, 0.3) is 0 Å². The summed E-state index contributed by atoms with van der Waals surface area (Å²) in [5.74, 6) is -5.01. The monoisotopic (exact) mass is 249 g/mol. The number of carboxylic acids is 1. The van der Waals surface area contributed by atoms with Gasteiger partial charge in [-0.25, -0.2) is 8.78 Å². The molecule has 1 rings (SSSR count). The first-order valence-electron chi connectivity index (χ1n) is 5.70. The number of aliphatic carboxylic acids is 1. The van der Waals surface area contributed by atoms with Gasteiger partial charge in [0.25, 0.3) is 0 Å². The van der Waals surface area contributed by atoms with Gasteiger partial charge < -0.3 is 10.4 Å². The van der Waals surface area contributed by atoms with Crippen molar-refractivity contribution in [3.05, 3.63) is 0 Å². The number of rotatable bonds is 4. The summed E-state index contributed by atoms with van der Waals surface area (Å²) in [6.45, 7) is 1.53. The lowest BCUT2D eigenvalue weighted by Gasteiger charge is -2.27. The Labute approximate surface area is 98.4 Å². The number of amides is 1. The molecule has 17 heavy (non-hydrogen) atoms. The first kappa shape index (κ1) is 13.9. The van der Waals surface area contributed by atoms with Gasteiger partial charge in [0.2, 0.25) is 11.8 Å². The van der Waals surface area contributed by atoms with Gasteiger partial charge >= 0.3 is 5.97 Å². The molecule has 0 aromatic rings. The smallest absolute Gasteiger partial charge is 0.308 e. The third kappa shape index (κ3) is 4.28. The minimum atomic E-state index is -2.65. The molecule has 0 aromatic heterocycles. The van der Waals surface area contributed by atoms with Crippen LogP contribution in [0.1, 0.15) is 32.6 Å². The summed E-state index contributed by atoms with van der Waals surface area (Å²) in [6.07, 6.45) is -0.195. The van der Waals surface area contributed by atoms with E-state index in [0.717, 1.165) is 0 Å². The zero-order valence-corrected chi connectivity index (χ0v) is 9.71. The zero-order chi connectivity index (χ0) is 13.1. The van der Waals surface area contributed by atoms with Crippen LogP contribution < -0.4 is 5.32 Å². The van der Waals surface area contributed by atoms with Gasteiger partial charge in [-0.05, 0) is 12.8 Å². The van der Waals surface area contributed by atoms with Gasteiger partial charge in [0.15, 0.2) is 0 Å². The number of carbonyl (C=O) groups is 2. The Morgan fingerprint density at radius 3 is 2.41 bits per heavy atom.